The van der Waals surface area contributed by atoms with E-state index < -0.39 is 9.84 Å². The molecule has 0 spiro atoms. The highest BCUT2D eigenvalue weighted by atomic mass is 79.9. The molecule has 2 nitrogen and oxygen atoms in total. The van der Waals surface area contributed by atoms with Crippen molar-refractivity contribution in [1.29, 1.82) is 0 Å². The molecule has 96 valence electrons. The minimum absolute atomic E-state index is 0.0372. The Morgan fingerprint density at radius 2 is 1.82 bits per heavy atom. The lowest BCUT2D eigenvalue weighted by Gasteiger charge is -2.17. The van der Waals surface area contributed by atoms with Gasteiger partial charge in [0.2, 0.25) is 0 Å². The van der Waals surface area contributed by atoms with Gasteiger partial charge in [-0.15, -0.1) is 0 Å². The number of benzene rings is 1. The number of hydrogen-bond acceptors (Lipinski definition) is 2. The van der Waals surface area contributed by atoms with E-state index in [1.807, 2.05) is 37.3 Å². The summed E-state index contributed by atoms with van der Waals surface area (Å²) in [5.41, 5.74) is 1.08. The second kappa shape index (κ2) is 6.55. The third-order valence-corrected chi connectivity index (χ3v) is 6.29. The SMILES string of the molecule is CCC(C)S(=O)(=O)CC(CBr)c1ccccc1. The van der Waals surface area contributed by atoms with Gasteiger partial charge >= 0.3 is 0 Å². The van der Waals surface area contributed by atoms with Crippen molar-refractivity contribution in [3.63, 3.8) is 0 Å². The number of sulfone groups is 1. The summed E-state index contributed by atoms with van der Waals surface area (Å²) in [4.78, 5) is 0. The van der Waals surface area contributed by atoms with Crippen LogP contribution in [0.5, 0.6) is 0 Å². The van der Waals surface area contributed by atoms with Gasteiger partial charge in [-0.25, -0.2) is 8.42 Å². The Morgan fingerprint density at radius 1 is 1.24 bits per heavy atom. The second-order valence-corrected chi connectivity index (χ2v) is 7.42. The first-order valence-corrected chi connectivity index (χ1v) is 8.67. The molecule has 0 amide bonds. The van der Waals surface area contributed by atoms with Crippen LogP contribution in [-0.4, -0.2) is 24.8 Å². The van der Waals surface area contributed by atoms with Gasteiger partial charge in [-0.1, -0.05) is 53.2 Å². The number of halogens is 1. The van der Waals surface area contributed by atoms with Gasteiger partial charge in [-0.3, -0.25) is 0 Å². The molecule has 4 heteroatoms. The highest BCUT2D eigenvalue weighted by Gasteiger charge is 2.24. The predicted molar refractivity (Wildman–Crippen MR) is 76.5 cm³/mol. The van der Waals surface area contributed by atoms with E-state index >= 15 is 0 Å². The Labute approximate surface area is 112 Å². The van der Waals surface area contributed by atoms with Crippen molar-refractivity contribution in [2.24, 2.45) is 0 Å². The number of rotatable bonds is 6. The summed E-state index contributed by atoms with van der Waals surface area (Å²) in [5, 5.41) is 0.417. The molecule has 0 saturated heterocycles. The van der Waals surface area contributed by atoms with Gasteiger partial charge in [0.1, 0.15) is 0 Å². The highest BCUT2D eigenvalue weighted by molar-refractivity contribution is 9.09. The molecule has 1 aromatic carbocycles. The first kappa shape index (κ1) is 14.7. The molecule has 0 saturated carbocycles. The molecule has 0 bridgehead atoms. The average Bonchev–Trinajstić information content (AvgIpc) is 2.36. The summed E-state index contributed by atoms with van der Waals surface area (Å²) >= 11 is 3.41. The standard InChI is InChI=1S/C13H19BrO2S/c1-3-11(2)17(15,16)10-13(9-14)12-7-5-4-6-8-12/h4-8,11,13H,3,9-10H2,1-2H3. The Balaban J connectivity index is 2.85. The van der Waals surface area contributed by atoms with Crippen molar-refractivity contribution in [3.05, 3.63) is 35.9 Å². The van der Waals surface area contributed by atoms with Crippen LogP contribution in [-0.2, 0) is 9.84 Å². The molecule has 17 heavy (non-hydrogen) atoms. The molecule has 2 unspecified atom stereocenters. The van der Waals surface area contributed by atoms with E-state index in [4.69, 9.17) is 0 Å². The zero-order valence-electron chi connectivity index (χ0n) is 10.3. The average molecular weight is 319 g/mol. The minimum atomic E-state index is -3.00. The molecular formula is C13H19BrO2S. The molecule has 0 fully saturated rings. The van der Waals surface area contributed by atoms with E-state index in [9.17, 15) is 8.42 Å². The summed E-state index contributed by atoms with van der Waals surface area (Å²) in [6.07, 6.45) is 0.673. The Hall–Kier alpha value is -0.350. The van der Waals surface area contributed by atoms with Crippen molar-refractivity contribution < 1.29 is 8.42 Å². The molecule has 0 aromatic heterocycles. The van der Waals surface area contributed by atoms with E-state index in [0.29, 0.717) is 11.8 Å². The minimum Gasteiger partial charge on any atom is -0.229 e. The zero-order valence-corrected chi connectivity index (χ0v) is 12.7. The van der Waals surface area contributed by atoms with Crippen LogP contribution in [0, 0.1) is 0 Å². The van der Waals surface area contributed by atoms with Crippen LogP contribution in [0.1, 0.15) is 31.7 Å². The molecule has 0 radical (unpaired) electrons. The van der Waals surface area contributed by atoms with E-state index in [0.717, 1.165) is 5.56 Å². The lowest BCUT2D eigenvalue weighted by Crippen LogP contribution is -2.24. The lowest BCUT2D eigenvalue weighted by atomic mass is 10.0. The highest BCUT2D eigenvalue weighted by Crippen LogP contribution is 2.22. The van der Waals surface area contributed by atoms with Crippen LogP contribution in [0.15, 0.2) is 30.3 Å². The van der Waals surface area contributed by atoms with Gasteiger partial charge in [0.15, 0.2) is 9.84 Å². The van der Waals surface area contributed by atoms with Gasteiger partial charge in [-0.2, -0.15) is 0 Å². The van der Waals surface area contributed by atoms with Crippen molar-refractivity contribution in [2.45, 2.75) is 31.4 Å². The van der Waals surface area contributed by atoms with Crippen LogP contribution >= 0.6 is 15.9 Å². The van der Waals surface area contributed by atoms with Crippen molar-refractivity contribution in [3.8, 4) is 0 Å². The molecule has 0 heterocycles. The molecule has 0 aliphatic rings. The normalized spacial score (nSPS) is 15.5. The molecular weight excluding hydrogens is 300 g/mol. The topological polar surface area (TPSA) is 34.1 Å². The Morgan fingerprint density at radius 3 is 2.29 bits per heavy atom. The fourth-order valence-corrected chi connectivity index (χ4v) is 4.27. The molecule has 0 aliphatic heterocycles. The van der Waals surface area contributed by atoms with Crippen LogP contribution in [0.2, 0.25) is 0 Å². The maximum absolute atomic E-state index is 12.1. The van der Waals surface area contributed by atoms with Gasteiger partial charge in [0.25, 0.3) is 0 Å². The molecule has 1 rings (SSSR count). The largest absolute Gasteiger partial charge is 0.229 e. The first-order chi connectivity index (χ1) is 8.01. The third-order valence-electron chi connectivity index (χ3n) is 3.08. The fraction of sp³-hybridized carbons (Fsp3) is 0.538. The summed E-state index contributed by atoms with van der Waals surface area (Å²) in [6.45, 7) is 3.69. The van der Waals surface area contributed by atoms with Crippen molar-refractivity contribution in [2.75, 3.05) is 11.1 Å². The van der Waals surface area contributed by atoms with Gasteiger partial charge in [0.05, 0.1) is 11.0 Å². The van der Waals surface area contributed by atoms with Crippen molar-refractivity contribution >= 4 is 25.8 Å². The van der Waals surface area contributed by atoms with Crippen LogP contribution in [0.25, 0.3) is 0 Å². The van der Waals surface area contributed by atoms with Gasteiger partial charge in [-0.05, 0) is 18.9 Å². The summed E-state index contributed by atoms with van der Waals surface area (Å²) < 4.78 is 24.2. The fourth-order valence-electron chi connectivity index (χ4n) is 1.65. The number of alkyl halides is 1. The molecule has 2 atom stereocenters. The summed E-state index contributed by atoms with van der Waals surface area (Å²) in [5.74, 6) is 0.257. The summed E-state index contributed by atoms with van der Waals surface area (Å²) in [6, 6.07) is 9.80. The number of hydrogen-bond donors (Lipinski definition) is 0. The Bertz CT molecular complexity index is 428. The molecule has 1 aromatic rings. The maximum atomic E-state index is 12.1. The monoisotopic (exact) mass is 318 g/mol. The smallest absolute Gasteiger partial charge is 0.153 e. The second-order valence-electron chi connectivity index (χ2n) is 4.31. The van der Waals surface area contributed by atoms with E-state index in [1.54, 1.807) is 6.92 Å². The third kappa shape index (κ3) is 4.11. The Kier molecular flexibility index (Phi) is 5.67. The quantitative estimate of drug-likeness (QED) is 0.753. The zero-order chi connectivity index (χ0) is 12.9. The van der Waals surface area contributed by atoms with E-state index in [2.05, 4.69) is 15.9 Å². The van der Waals surface area contributed by atoms with Crippen molar-refractivity contribution in [1.82, 2.24) is 0 Å². The van der Waals surface area contributed by atoms with E-state index in [1.165, 1.54) is 0 Å². The lowest BCUT2D eigenvalue weighted by molar-refractivity contribution is 0.576. The van der Waals surface area contributed by atoms with Crippen LogP contribution in [0.3, 0.4) is 0 Å². The maximum Gasteiger partial charge on any atom is 0.153 e. The summed E-state index contributed by atoms with van der Waals surface area (Å²) in [7, 11) is -3.00. The van der Waals surface area contributed by atoms with Gasteiger partial charge < -0.3 is 0 Å². The van der Waals surface area contributed by atoms with Crippen LogP contribution in [0.4, 0.5) is 0 Å². The predicted octanol–water partition coefficient (Wildman–Crippen LogP) is 3.38. The molecule has 0 aliphatic carbocycles. The van der Waals surface area contributed by atoms with E-state index in [-0.39, 0.29) is 16.9 Å². The molecule has 0 N–H and O–H groups in total. The first-order valence-electron chi connectivity index (χ1n) is 5.83. The van der Waals surface area contributed by atoms with Gasteiger partial charge in [0, 0.05) is 11.2 Å². The van der Waals surface area contributed by atoms with Crippen LogP contribution < -0.4 is 0 Å².